The molecule has 0 radical (unpaired) electrons. The zero-order chi connectivity index (χ0) is 13.1. The fourth-order valence-electron chi connectivity index (χ4n) is 2.69. The SMILES string of the molecule is CCCc1nc2c(c(N3CCNCC3)n1)SCCC2. The van der Waals surface area contributed by atoms with Crippen LogP contribution in [-0.2, 0) is 12.8 Å². The van der Waals surface area contributed by atoms with Crippen molar-refractivity contribution in [2.75, 3.05) is 36.8 Å². The third-order valence-corrected chi connectivity index (χ3v) is 4.86. The number of hydrogen-bond acceptors (Lipinski definition) is 5. The van der Waals surface area contributed by atoms with Gasteiger partial charge in [-0.15, -0.1) is 11.8 Å². The molecule has 0 unspecified atom stereocenters. The van der Waals surface area contributed by atoms with Crippen LogP contribution in [-0.4, -0.2) is 41.9 Å². The highest BCUT2D eigenvalue weighted by atomic mass is 32.2. The number of fused-ring (bicyclic) bond motifs is 1. The van der Waals surface area contributed by atoms with E-state index >= 15 is 0 Å². The van der Waals surface area contributed by atoms with E-state index in [4.69, 9.17) is 9.97 Å². The zero-order valence-corrected chi connectivity index (χ0v) is 12.4. The van der Waals surface area contributed by atoms with Gasteiger partial charge in [0.05, 0.1) is 10.6 Å². The van der Waals surface area contributed by atoms with Crippen LogP contribution in [0.4, 0.5) is 5.82 Å². The standard InChI is InChI=1S/C14H22N4S/c1-2-4-12-16-11-5-3-10-19-13(11)14(17-12)18-8-6-15-7-9-18/h15H,2-10H2,1H3. The number of piperazine rings is 1. The average Bonchev–Trinajstić information content (AvgIpc) is 2.48. The molecular weight excluding hydrogens is 256 g/mol. The summed E-state index contributed by atoms with van der Waals surface area (Å²) in [6.45, 7) is 6.45. The number of aromatic nitrogens is 2. The first-order valence-electron chi connectivity index (χ1n) is 7.36. The maximum Gasteiger partial charge on any atom is 0.146 e. The van der Waals surface area contributed by atoms with Crippen molar-refractivity contribution in [1.82, 2.24) is 15.3 Å². The summed E-state index contributed by atoms with van der Waals surface area (Å²) in [6, 6.07) is 0. The fraction of sp³-hybridized carbons (Fsp3) is 0.714. The molecule has 5 heteroatoms. The smallest absolute Gasteiger partial charge is 0.146 e. The Kier molecular flexibility index (Phi) is 4.23. The van der Waals surface area contributed by atoms with Gasteiger partial charge in [0.15, 0.2) is 0 Å². The van der Waals surface area contributed by atoms with Crippen LogP contribution in [0, 0.1) is 0 Å². The third-order valence-electron chi connectivity index (χ3n) is 3.66. The molecule has 4 nitrogen and oxygen atoms in total. The molecule has 1 saturated heterocycles. The minimum Gasteiger partial charge on any atom is -0.353 e. The van der Waals surface area contributed by atoms with Crippen LogP contribution in [0.25, 0.3) is 0 Å². The van der Waals surface area contributed by atoms with Crippen LogP contribution < -0.4 is 10.2 Å². The summed E-state index contributed by atoms with van der Waals surface area (Å²) >= 11 is 1.95. The Balaban J connectivity index is 1.96. The van der Waals surface area contributed by atoms with E-state index in [1.54, 1.807) is 0 Å². The Morgan fingerprint density at radius 1 is 1.26 bits per heavy atom. The maximum atomic E-state index is 4.87. The molecule has 1 N–H and O–H groups in total. The molecule has 0 amide bonds. The monoisotopic (exact) mass is 278 g/mol. The summed E-state index contributed by atoms with van der Waals surface area (Å²) < 4.78 is 0. The highest BCUT2D eigenvalue weighted by molar-refractivity contribution is 7.99. The fourth-order valence-corrected chi connectivity index (χ4v) is 3.80. The molecule has 0 aliphatic carbocycles. The second-order valence-corrected chi connectivity index (χ2v) is 6.28. The molecule has 1 fully saturated rings. The summed E-state index contributed by atoms with van der Waals surface area (Å²) in [5.74, 6) is 3.46. The molecule has 0 aromatic carbocycles. The summed E-state index contributed by atoms with van der Waals surface area (Å²) in [6.07, 6.45) is 4.49. The Hall–Kier alpha value is -0.810. The highest BCUT2D eigenvalue weighted by Crippen LogP contribution is 2.36. The number of anilines is 1. The van der Waals surface area contributed by atoms with Crippen molar-refractivity contribution >= 4 is 17.6 Å². The zero-order valence-electron chi connectivity index (χ0n) is 11.6. The number of rotatable bonds is 3. The Morgan fingerprint density at radius 2 is 2.11 bits per heavy atom. The molecule has 0 atom stereocenters. The molecule has 3 heterocycles. The molecule has 0 saturated carbocycles. The van der Waals surface area contributed by atoms with Gasteiger partial charge in [0.1, 0.15) is 11.6 Å². The Bertz CT molecular complexity index is 443. The summed E-state index contributed by atoms with van der Waals surface area (Å²) in [5, 5.41) is 3.41. The molecule has 1 aromatic heterocycles. The lowest BCUT2D eigenvalue weighted by atomic mass is 10.2. The van der Waals surface area contributed by atoms with Gasteiger partial charge in [-0.1, -0.05) is 6.92 Å². The average molecular weight is 278 g/mol. The number of aryl methyl sites for hydroxylation is 2. The molecule has 3 rings (SSSR count). The minimum atomic E-state index is 0.997. The summed E-state index contributed by atoms with van der Waals surface area (Å²) in [7, 11) is 0. The van der Waals surface area contributed by atoms with E-state index in [-0.39, 0.29) is 0 Å². The van der Waals surface area contributed by atoms with E-state index in [1.165, 1.54) is 28.6 Å². The lowest BCUT2D eigenvalue weighted by molar-refractivity contribution is 0.577. The summed E-state index contributed by atoms with van der Waals surface area (Å²) in [4.78, 5) is 13.4. The lowest BCUT2D eigenvalue weighted by Crippen LogP contribution is -2.44. The Labute approximate surface area is 119 Å². The molecule has 104 valence electrons. The second kappa shape index (κ2) is 6.09. The van der Waals surface area contributed by atoms with Gasteiger partial charge in [0, 0.05) is 32.6 Å². The first kappa shape index (κ1) is 13.2. The van der Waals surface area contributed by atoms with Crippen molar-refractivity contribution in [3.05, 3.63) is 11.5 Å². The number of nitrogens with zero attached hydrogens (tertiary/aromatic N) is 3. The van der Waals surface area contributed by atoms with Crippen molar-refractivity contribution in [3.63, 3.8) is 0 Å². The normalized spacial score (nSPS) is 19.3. The molecule has 2 aliphatic heterocycles. The van der Waals surface area contributed by atoms with Gasteiger partial charge in [0.25, 0.3) is 0 Å². The van der Waals surface area contributed by atoms with Gasteiger partial charge in [0.2, 0.25) is 0 Å². The van der Waals surface area contributed by atoms with E-state index in [1.807, 2.05) is 11.8 Å². The van der Waals surface area contributed by atoms with E-state index < -0.39 is 0 Å². The first-order valence-corrected chi connectivity index (χ1v) is 8.35. The van der Waals surface area contributed by atoms with E-state index in [0.717, 1.165) is 51.3 Å². The topological polar surface area (TPSA) is 41.1 Å². The highest BCUT2D eigenvalue weighted by Gasteiger charge is 2.23. The van der Waals surface area contributed by atoms with Gasteiger partial charge in [-0.25, -0.2) is 9.97 Å². The van der Waals surface area contributed by atoms with E-state index in [2.05, 4.69) is 17.1 Å². The van der Waals surface area contributed by atoms with Crippen molar-refractivity contribution in [2.24, 2.45) is 0 Å². The lowest BCUT2D eigenvalue weighted by Gasteiger charge is -2.31. The van der Waals surface area contributed by atoms with E-state index in [9.17, 15) is 0 Å². The van der Waals surface area contributed by atoms with Crippen molar-refractivity contribution < 1.29 is 0 Å². The number of hydrogen-bond donors (Lipinski definition) is 1. The largest absolute Gasteiger partial charge is 0.353 e. The predicted octanol–water partition coefficient (Wildman–Crippen LogP) is 1.88. The molecule has 1 aromatic rings. The van der Waals surface area contributed by atoms with Gasteiger partial charge >= 0.3 is 0 Å². The Morgan fingerprint density at radius 3 is 2.89 bits per heavy atom. The maximum absolute atomic E-state index is 4.87. The molecule has 19 heavy (non-hydrogen) atoms. The molecule has 0 spiro atoms. The van der Waals surface area contributed by atoms with Crippen molar-refractivity contribution in [1.29, 1.82) is 0 Å². The number of thioether (sulfide) groups is 1. The second-order valence-electron chi connectivity index (χ2n) is 5.18. The van der Waals surface area contributed by atoms with Crippen LogP contribution in [0.5, 0.6) is 0 Å². The molecule has 0 bridgehead atoms. The number of nitrogens with one attached hydrogen (secondary N) is 1. The minimum absolute atomic E-state index is 0.997. The van der Waals surface area contributed by atoms with Crippen LogP contribution in [0.1, 0.15) is 31.3 Å². The van der Waals surface area contributed by atoms with Crippen LogP contribution >= 0.6 is 11.8 Å². The van der Waals surface area contributed by atoms with Crippen LogP contribution in [0.3, 0.4) is 0 Å². The van der Waals surface area contributed by atoms with Gasteiger partial charge in [-0.05, 0) is 25.0 Å². The van der Waals surface area contributed by atoms with Crippen molar-refractivity contribution in [2.45, 2.75) is 37.5 Å². The van der Waals surface area contributed by atoms with Crippen LogP contribution in [0.15, 0.2) is 4.90 Å². The quantitative estimate of drug-likeness (QED) is 0.914. The van der Waals surface area contributed by atoms with E-state index in [0.29, 0.717) is 0 Å². The van der Waals surface area contributed by atoms with Gasteiger partial charge in [-0.2, -0.15) is 0 Å². The van der Waals surface area contributed by atoms with Gasteiger partial charge in [-0.3, -0.25) is 0 Å². The summed E-state index contributed by atoms with van der Waals surface area (Å²) in [5.41, 5.74) is 1.29. The predicted molar refractivity (Wildman–Crippen MR) is 80.2 cm³/mol. The third kappa shape index (κ3) is 2.87. The molecular formula is C14H22N4S. The molecule has 2 aliphatic rings. The van der Waals surface area contributed by atoms with Crippen LogP contribution in [0.2, 0.25) is 0 Å². The van der Waals surface area contributed by atoms with Crippen molar-refractivity contribution in [3.8, 4) is 0 Å². The van der Waals surface area contributed by atoms with Gasteiger partial charge < -0.3 is 10.2 Å². The first-order chi connectivity index (χ1) is 9.38.